The Morgan fingerprint density at radius 3 is 2.55 bits per heavy atom. The predicted molar refractivity (Wildman–Crippen MR) is 158 cm³/mol. The summed E-state index contributed by atoms with van der Waals surface area (Å²) in [7, 11) is 1.58. The molecular formula is C29H29Cl2N5O4. The molecule has 1 fully saturated rings. The van der Waals surface area contributed by atoms with E-state index in [9.17, 15) is 14.4 Å². The Hall–Kier alpha value is -3.79. The monoisotopic (exact) mass is 581 g/mol. The van der Waals surface area contributed by atoms with E-state index in [4.69, 9.17) is 27.9 Å². The summed E-state index contributed by atoms with van der Waals surface area (Å²) in [5.74, 6) is -0.188. The van der Waals surface area contributed by atoms with Gasteiger partial charge in [0.05, 0.1) is 27.7 Å². The number of carbonyl (C=O) groups excluding carboxylic acids is 2. The number of piperidine rings is 1. The Morgan fingerprint density at radius 2 is 1.80 bits per heavy atom. The maximum Gasteiger partial charge on any atom is 0.326 e. The molecule has 3 amide bonds. The first-order valence-corrected chi connectivity index (χ1v) is 13.7. The lowest BCUT2D eigenvalue weighted by atomic mass is 10.0. The van der Waals surface area contributed by atoms with Gasteiger partial charge in [0, 0.05) is 49.6 Å². The number of rotatable bonds is 7. The van der Waals surface area contributed by atoms with Crippen LogP contribution < -0.4 is 16.3 Å². The summed E-state index contributed by atoms with van der Waals surface area (Å²) in [6.07, 6.45) is 1.26. The highest BCUT2D eigenvalue weighted by molar-refractivity contribution is 6.42. The average Bonchev–Trinajstić information content (AvgIpc) is 3.31. The van der Waals surface area contributed by atoms with Crippen molar-refractivity contribution >= 4 is 51.9 Å². The summed E-state index contributed by atoms with van der Waals surface area (Å²) in [6.45, 7) is 1.84. The van der Waals surface area contributed by atoms with Crippen molar-refractivity contribution in [3.63, 3.8) is 0 Å². The van der Waals surface area contributed by atoms with Gasteiger partial charge in [0.2, 0.25) is 0 Å². The average molecular weight is 582 g/mol. The van der Waals surface area contributed by atoms with Gasteiger partial charge >= 0.3 is 11.7 Å². The van der Waals surface area contributed by atoms with Crippen molar-refractivity contribution in [2.45, 2.75) is 18.9 Å². The van der Waals surface area contributed by atoms with Gasteiger partial charge in [-0.3, -0.25) is 9.36 Å². The normalized spacial score (nSPS) is 13.9. The van der Waals surface area contributed by atoms with Crippen LogP contribution in [0.15, 0.2) is 65.5 Å². The molecule has 0 spiro atoms. The number of amides is 3. The summed E-state index contributed by atoms with van der Waals surface area (Å²) in [4.78, 5) is 43.3. The van der Waals surface area contributed by atoms with Gasteiger partial charge < -0.3 is 25.3 Å². The number of nitrogens with one attached hydrogen (secondary N) is 3. The molecule has 40 heavy (non-hydrogen) atoms. The van der Waals surface area contributed by atoms with E-state index < -0.39 is 0 Å². The van der Waals surface area contributed by atoms with Gasteiger partial charge in [-0.25, -0.2) is 9.59 Å². The second kappa shape index (κ2) is 12.2. The van der Waals surface area contributed by atoms with Crippen molar-refractivity contribution in [1.82, 2.24) is 19.8 Å². The highest BCUT2D eigenvalue weighted by atomic mass is 35.5. The quantitative estimate of drug-likeness (QED) is 0.249. The van der Waals surface area contributed by atoms with E-state index in [2.05, 4.69) is 15.6 Å². The summed E-state index contributed by atoms with van der Waals surface area (Å²) in [5, 5.41) is 6.48. The second-order valence-corrected chi connectivity index (χ2v) is 10.4. The smallest absolute Gasteiger partial charge is 0.326 e. The minimum absolute atomic E-state index is 0.0663. The standard InChI is InChI=1S/C29H29Cl2N5O4/c1-40-15-12-32-27(37)19-5-2-4-18(16-19)22-6-3-7-25-26(22)34-29(39)36(25)21-10-13-35(14-11-21)28(38)33-20-8-9-23(30)24(31)17-20/h2-9,16-17,21H,10-15H2,1H3,(H,32,37)(H,33,38)(H,34,39). The molecule has 0 saturated carbocycles. The maximum absolute atomic E-state index is 13.2. The Labute approximate surface area is 241 Å². The molecule has 3 N–H and O–H groups in total. The third kappa shape index (κ3) is 5.86. The van der Waals surface area contributed by atoms with E-state index in [1.165, 1.54) is 0 Å². The fourth-order valence-corrected chi connectivity index (χ4v) is 5.35. The number of anilines is 1. The van der Waals surface area contributed by atoms with E-state index in [0.717, 1.165) is 16.6 Å². The number of H-pyrrole nitrogens is 1. The van der Waals surface area contributed by atoms with Gasteiger partial charge in [0.15, 0.2) is 0 Å². The van der Waals surface area contributed by atoms with Gasteiger partial charge in [-0.05, 0) is 54.8 Å². The first kappa shape index (κ1) is 27.8. The second-order valence-electron chi connectivity index (χ2n) is 9.61. The molecule has 0 atom stereocenters. The van der Waals surface area contributed by atoms with Crippen LogP contribution in [0.5, 0.6) is 0 Å². The molecule has 1 saturated heterocycles. The van der Waals surface area contributed by atoms with Gasteiger partial charge in [-0.2, -0.15) is 0 Å². The molecule has 1 aromatic heterocycles. The maximum atomic E-state index is 13.2. The number of imidazole rings is 1. The number of urea groups is 1. The van der Waals surface area contributed by atoms with Crippen LogP contribution in [0.25, 0.3) is 22.2 Å². The SMILES string of the molecule is COCCNC(=O)c1cccc(-c2cccc3c2[nH]c(=O)n3C2CCN(C(=O)Nc3ccc(Cl)c(Cl)c3)CC2)c1. The number of carbonyl (C=O) groups is 2. The number of hydrogen-bond acceptors (Lipinski definition) is 4. The highest BCUT2D eigenvalue weighted by Crippen LogP contribution is 2.31. The molecule has 0 radical (unpaired) electrons. The zero-order chi connectivity index (χ0) is 28.2. The Balaban J connectivity index is 1.32. The van der Waals surface area contributed by atoms with Gasteiger partial charge in [-0.1, -0.05) is 47.5 Å². The topological polar surface area (TPSA) is 108 Å². The minimum Gasteiger partial charge on any atom is -0.383 e. The number of nitrogens with zero attached hydrogens (tertiary/aromatic N) is 2. The lowest BCUT2D eigenvalue weighted by Gasteiger charge is -2.32. The number of aromatic nitrogens is 2. The Kier molecular flexibility index (Phi) is 8.44. The molecule has 0 unspecified atom stereocenters. The van der Waals surface area contributed by atoms with E-state index in [1.54, 1.807) is 40.8 Å². The van der Waals surface area contributed by atoms with Crippen LogP contribution in [-0.2, 0) is 4.74 Å². The van der Waals surface area contributed by atoms with Crippen molar-refractivity contribution in [3.8, 4) is 11.1 Å². The molecule has 3 aromatic carbocycles. The molecule has 4 aromatic rings. The van der Waals surface area contributed by atoms with E-state index in [-0.39, 0.29) is 23.7 Å². The first-order valence-electron chi connectivity index (χ1n) is 13.0. The van der Waals surface area contributed by atoms with E-state index in [1.807, 2.05) is 36.4 Å². The van der Waals surface area contributed by atoms with Crippen molar-refractivity contribution < 1.29 is 14.3 Å². The predicted octanol–water partition coefficient (Wildman–Crippen LogP) is 5.55. The molecule has 0 aliphatic carbocycles. The number of ether oxygens (including phenoxy) is 1. The number of hydrogen-bond donors (Lipinski definition) is 3. The molecule has 11 heteroatoms. The molecule has 208 valence electrons. The molecule has 2 heterocycles. The zero-order valence-corrected chi connectivity index (χ0v) is 23.4. The number of para-hydroxylation sites is 1. The summed E-state index contributed by atoms with van der Waals surface area (Å²) in [6, 6.07) is 17.7. The van der Waals surface area contributed by atoms with Gasteiger partial charge in [0.1, 0.15) is 0 Å². The molecule has 9 nitrogen and oxygen atoms in total. The van der Waals surface area contributed by atoms with Crippen molar-refractivity contribution in [2.24, 2.45) is 0 Å². The molecular weight excluding hydrogens is 553 g/mol. The molecule has 1 aliphatic heterocycles. The minimum atomic E-state index is -0.225. The molecule has 1 aliphatic rings. The Bertz CT molecular complexity index is 1610. The van der Waals surface area contributed by atoms with E-state index >= 15 is 0 Å². The molecule has 0 bridgehead atoms. The summed E-state index contributed by atoms with van der Waals surface area (Å²) < 4.78 is 6.79. The number of benzene rings is 3. The summed E-state index contributed by atoms with van der Waals surface area (Å²) >= 11 is 12.0. The van der Waals surface area contributed by atoms with Crippen LogP contribution in [0.3, 0.4) is 0 Å². The van der Waals surface area contributed by atoms with Crippen LogP contribution >= 0.6 is 23.2 Å². The van der Waals surface area contributed by atoms with Crippen molar-refractivity contribution in [1.29, 1.82) is 0 Å². The number of fused-ring (bicyclic) bond motifs is 1. The van der Waals surface area contributed by atoms with Crippen molar-refractivity contribution in [3.05, 3.63) is 86.8 Å². The third-order valence-electron chi connectivity index (χ3n) is 7.07. The van der Waals surface area contributed by atoms with Crippen LogP contribution in [0.2, 0.25) is 10.0 Å². The summed E-state index contributed by atoms with van der Waals surface area (Å²) in [5.41, 5.74) is 4.05. The lowest BCUT2D eigenvalue weighted by molar-refractivity contribution is 0.0937. The first-order chi connectivity index (χ1) is 19.4. The van der Waals surface area contributed by atoms with Crippen LogP contribution in [0.1, 0.15) is 29.2 Å². The third-order valence-corrected chi connectivity index (χ3v) is 7.81. The number of methoxy groups -OCH3 is 1. The van der Waals surface area contributed by atoms with Gasteiger partial charge in [0.25, 0.3) is 5.91 Å². The van der Waals surface area contributed by atoms with Crippen molar-refractivity contribution in [2.75, 3.05) is 38.7 Å². The lowest BCUT2D eigenvalue weighted by Crippen LogP contribution is -2.42. The van der Waals surface area contributed by atoms with Crippen LogP contribution in [-0.4, -0.2) is 59.7 Å². The highest BCUT2D eigenvalue weighted by Gasteiger charge is 2.27. The van der Waals surface area contributed by atoms with E-state index in [0.29, 0.717) is 65.9 Å². The van der Waals surface area contributed by atoms with Gasteiger partial charge in [-0.15, -0.1) is 0 Å². The fourth-order valence-electron chi connectivity index (χ4n) is 5.05. The largest absolute Gasteiger partial charge is 0.383 e. The Morgan fingerprint density at radius 1 is 1.02 bits per heavy atom. The fraction of sp³-hybridized carbons (Fsp3) is 0.276. The molecule has 5 rings (SSSR count). The van der Waals surface area contributed by atoms with Crippen LogP contribution in [0.4, 0.5) is 10.5 Å². The number of halogens is 2. The number of likely N-dealkylation sites (tertiary alicyclic amines) is 1. The van der Waals surface area contributed by atoms with Crippen LogP contribution in [0, 0.1) is 0 Å². The number of aromatic amines is 1. The zero-order valence-electron chi connectivity index (χ0n) is 21.9.